The summed E-state index contributed by atoms with van der Waals surface area (Å²) in [7, 11) is 1.94. The lowest BCUT2D eigenvalue weighted by molar-refractivity contribution is -0.130. The van der Waals surface area contributed by atoms with Crippen LogP contribution in [0.2, 0.25) is 0 Å². The van der Waals surface area contributed by atoms with Gasteiger partial charge in [0.2, 0.25) is 5.91 Å². The molecule has 0 aromatic heterocycles. The number of benzene rings is 1. The van der Waals surface area contributed by atoms with Crippen molar-refractivity contribution in [1.29, 1.82) is 10.5 Å². The van der Waals surface area contributed by atoms with Crippen LogP contribution >= 0.6 is 0 Å². The predicted octanol–water partition coefficient (Wildman–Crippen LogP) is 1.65. The first-order valence-corrected chi connectivity index (χ1v) is 7.55. The van der Waals surface area contributed by atoms with Gasteiger partial charge in [0.15, 0.2) is 0 Å². The van der Waals surface area contributed by atoms with E-state index in [0.717, 1.165) is 18.7 Å². The number of para-hydroxylation sites is 1. The van der Waals surface area contributed by atoms with Crippen LogP contribution in [0, 0.1) is 22.7 Å². The molecule has 0 spiro atoms. The SMILES string of the molecule is CN(CCCOc1ccccc1)CCC(=O)N(CC#N)CC#N. The van der Waals surface area contributed by atoms with Crippen molar-refractivity contribution in [3.05, 3.63) is 30.3 Å². The normalized spacial score (nSPS) is 9.91. The minimum absolute atomic E-state index is 0.0407. The van der Waals surface area contributed by atoms with E-state index in [4.69, 9.17) is 15.3 Å². The van der Waals surface area contributed by atoms with Gasteiger partial charge in [0.05, 0.1) is 18.7 Å². The molecule has 1 rings (SSSR count). The van der Waals surface area contributed by atoms with Gasteiger partial charge in [0.1, 0.15) is 18.8 Å². The summed E-state index contributed by atoms with van der Waals surface area (Å²) < 4.78 is 5.61. The second-order valence-electron chi connectivity index (χ2n) is 5.13. The Bertz CT molecular complexity index is 532. The zero-order chi connectivity index (χ0) is 16.9. The quantitative estimate of drug-likeness (QED) is 0.484. The summed E-state index contributed by atoms with van der Waals surface area (Å²) in [5.74, 6) is 0.689. The van der Waals surface area contributed by atoms with Crippen molar-refractivity contribution < 1.29 is 9.53 Å². The Hall–Kier alpha value is -2.57. The van der Waals surface area contributed by atoms with Gasteiger partial charge in [-0.2, -0.15) is 10.5 Å². The van der Waals surface area contributed by atoms with E-state index in [1.807, 2.05) is 54.4 Å². The maximum Gasteiger partial charge on any atom is 0.225 e. The molecule has 1 aromatic carbocycles. The fourth-order valence-corrected chi connectivity index (χ4v) is 2.00. The molecule has 0 atom stereocenters. The molecule has 0 bridgehead atoms. The molecule has 0 saturated heterocycles. The topological polar surface area (TPSA) is 80.4 Å². The summed E-state index contributed by atoms with van der Waals surface area (Å²) in [6.07, 6.45) is 1.17. The van der Waals surface area contributed by atoms with Crippen LogP contribution in [0.4, 0.5) is 0 Å². The molecule has 0 aliphatic rings. The third kappa shape index (κ3) is 7.85. The monoisotopic (exact) mass is 314 g/mol. The third-order valence-corrected chi connectivity index (χ3v) is 3.28. The summed E-state index contributed by atoms with van der Waals surface area (Å²) in [4.78, 5) is 15.2. The number of hydrogen-bond acceptors (Lipinski definition) is 5. The minimum Gasteiger partial charge on any atom is -0.494 e. The zero-order valence-electron chi connectivity index (χ0n) is 13.4. The van der Waals surface area contributed by atoms with Gasteiger partial charge in [-0.15, -0.1) is 0 Å². The standard InChI is InChI=1S/C17H22N4O2/c1-20(11-5-15-23-16-6-3-2-4-7-16)12-8-17(22)21(13-9-18)14-10-19/h2-4,6-7H,5,8,11-15H2,1H3. The molecule has 0 N–H and O–H groups in total. The van der Waals surface area contributed by atoms with Crippen LogP contribution in [0.5, 0.6) is 5.75 Å². The molecule has 0 saturated carbocycles. The van der Waals surface area contributed by atoms with Crippen molar-refractivity contribution >= 4 is 5.91 Å². The Labute approximate surface area is 137 Å². The fourth-order valence-electron chi connectivity index (χ4n) is 2.00. The van der Waals surface area contributed by atoms with Crippen LogP contribution in [0.15, 0.2) is 30.3 Å². The second-order valence-corrected chi connectivity index (χ2v) is 5.13. The van der Waals surface area contributed by atoms with Crippen LogP contribution < -0.4 is 4.74 Å². The number of rotatable bonds is 10. The van der Waals surface area contributed by atoms with E-state index in [0.29, 0.717) is 19.6 Å². The van der Waals surface area contributed by atoms with Gasteiger partial charge in [0, 0.05) is 19.5 Å². The molecular formula is C17H22N4O2. The lowest BCUT2D eigenvalue weighted by Gasteiger charge is -2.19. The van der Waals surface area contributed by atoms with Gasteiger partial charge in [-0.25, -0.2) is 0 Å². The van der Waals surface area contributed by atoms with Crippen molar-refractivity contribution in [3.8, 4) is 17.9 Å². The molecule has 1 aromatic rings. The Balaban J connectivity index is 2.18. The first-order chi connectivity index (χ1) is 11.2. The number of carbonyl (C=O) groups is 1. The largest absolute Gasteiger partial charge is 0.494 e. The number of amides is 1. The Morgan fingerprint density at radius 2 is 1.78 bits per heavy atom. The van der Waals surface area contributed by atoms with Crippen LogP contribution in [0.3, 0.4) is 0 Å². The molecule has 6 nitrogen and oxygen atoms in total. The van der Waals surface area contributed by atoms with Crippen LogP contribution in [-0.2, 0) is 4.79 Å². The summed E-state index contributed by atoms with van der Waals surface area (Å²) in [5, 5.41) is 17.3. The van der Waals surface area contributed by atoms with Crippen molar-refractivity contribution in [2.75, 3.05) is 39.8 Å². The smallest absolute Gasteiger partial charge is 0.225 e. The molecule has 0 fully saturated rings. The first kappa shape index (κ1) is 18.5. The molecule has 6 heteroatoms. The van der Waals surface area contributed by atoms with E-state index in [-0.39, 0.29) is 19.0 Å². The Morgan fingerprint density at radius 1 is 1.13 bits per heavy atom. The van der Waals surface area contributed by atoms with E-state index in [1.165, 1.54) is 4.90 Å². The average Bonchev–Trinajstić information content (AvgIpc) is 2.57. The third-order valence-electron chi connectivity index (χ3n) is 3.28. The van der Waals surface area contributed by atoms with Gasteiger partial charge in [-0.05, 0) is 25.6 Å². The fraction of sp³-hybridized carbons (Fsp3) is 0.471. The molecular weight excluding hydrogens is 292 g/mol. The summed E-state index contributed by atoms with van der Waals surface area (Å²) in [6, 6.07) is 13.4. The van der Waals surface area contributed by atoms with E-state index in [1.54, 1.807) is 0 Å². The van der Waals surface area contributed by atoms with Crippen LogP contribution in [0.25, 0.3) is 0 Å². The summed E-state index contributed by atoms with van der Waals surface area (Å²) in [5.41, 5.74) is 0. The van der Waals surface area contributed by atoms with Gasteiger partial charge < -0.3 is 14.5 Å². The number of carbonyl (C=O) groups excluding carboxylic acids is 1. The average molecular weight is 314 g/mol. The van der Waals surface area contributed by atoms with E-state index >= 15 is 0 Å². The lowest BCUT2D eigenvalue weighted by atomic mass is 10.3. The second kappa shape index (κ2) is 11.1. The van der Waals surface area contributed by atoms with E-state index in [2.05, 4.69) is 0 Å². The lowest BCUT2D eigenvalue weighted by Crippen LogP contribution is -2.34. The molecule has 122 valence electrons. The van der Waals surface area contributed by atoms with Crippen molar-refractivity contribution in [3.63, 3.8) is 0 Å². The van der Waals surface area contributed by atoms with Gasteiger partial charge >= 0.3 is 0 Å². The summed E-state index contributed by atoms with van der Waals surface area (Å²) >= 11 is 0. The highest BCUT2D eigenvalue weighted by atomic mass is 16.5. The van der Waals surface area contributed by atoms with Crippen LogP contribution in [-0.4, -0.2) is 55.5 Å². The Kier molecular flexibility index (Phi) is 8.88. The van der Waals surface area contributed by atoms with E-state index in [9.17, 15) is 4.79 Å². The number of nitrogens with zero attached hydrogens (tertiary/aromatic N) is 4. The Morgan fingerprint density at radius 3 is 2.39 bits per heavy atom. The maximum absolute atomic E-state index is 11.9. The number of hydrogen-bond donors (Lipinski definition) is 0. The van der Waals surface area contributed by atoms with Crippen molar-refractivity contribution in [2.24, 2.45) is 0 Å². The maximum atomic E-state index is 11.9. The first-order valence-electron chi connectivity index (χ1n) is 7.55. The molecule has 0 heterocycles. The highest BCUT2D eigenvalue weighted by Crippen LogP contribution is 2.08. The highest BCUT2D eigenvalue weighted by molar-refractivity contribution is 5.76. The van der Waals surface area contributed by atoms with Crippen molar-refractivity contribution in [2.45, 2.75) is 12.8 Å². The number of nitriles is 2. The minimum atomic E-state index is -0.166. The molecule has 0 aliphatic heterocycles. The van der Waals surface area contributed by atoms with Gasteiger partial charge in [0.25, 0.3) is 0 Å². The van der Waals surface area contributed by atoms with E-state index < -0.39 is 0 Å². The molecule has 23 heavy (non-hydrogen) atoms. The number of ether oxygens (including phenoxy) is 1. The zero-order valence-corrected chi connectivity index (χ0v) is 13.4. The van der Waals surface area contributed by atoms with Gasteiger partial charge in [-0.1, -0.05) is 18.2 Å². The molecule has 0 aliphatic carbocycles. The van der Waals surface area contributed by atoms with Gasteiger partial charge in [-0.3, -0.25) is 4.79 Å². The molecule has 1 amide bonds. The highest BCUT2D eigenvalue weighted by Gasteiger charge is 2.13. The molecule has 0 radical (unpaired) electrons. The van der Waals surface area contributed by atoms with Crippen LogP contribution in [0.1, 0.15) is 12.8 Å². The van der Waals surface area contributed by atoms with Crippen molar-refractivity contribution in [1.82, 2.24) is 9.80 Å². The predicted molar refractivity (Wildman–Crippen MR) is 86.5 cm³/mol. The molecule has 0 unspecified atom stereocenters. The summed E-state index contributed by atoms with van der Waals surface area (Å²) in [6.45, 7) is 1.95.